The number of nitrogens with one attached hydrogen (secondary N) is 1. The Kier molecular flexibility index (Phi) is 9.27. The fourth-order valence-electron chi connectivity index (χ4n) is 3.77. The lowest BCUT2D eigenvalue weighted by Crippen LogP contribution is -2.31. The second-order valence-electron chi connectivity index (χ2n) is 7.43. The van der Waals surface area contributed by atoms with Crippen molar-refractivity contribution < 1.29 is 0 Å². The summed E-state index contributed by atoms with van der Waals surface area (Å²) in [6, 6.07) is 9.27. The SMILES string of the molecule is CCCCN(CCCC)CCNc1ccc(C2CCCCC2)cc1. The van der Waals surface area contributed by atoms with Gasteiger partial charge in [-0.3, -0.25) is 0 Å². The van der Waals surface area contributed by atoms with Gasteiger partial charge in [0.2, 0.25) is 0 Å². The van der Waals surface area contributed by atoms with Crippen LogP contribution in [0.25, 0.3) is 0 Å². The van der Waals surface area contributed by atoms with Crippen molar-refractivity contribution >= 4 is 5.69 Å². The Morgan fingerprint density at radius 3 is 2.08 bits per heavy atom. The fourth-order valence-corrected chi connectivity index (χ4v) is 3.77. The monoisotopic (exact) mass is 330 g/mol. The van der Waals surface area contributed by atoms with Gasteiger partial charge in [0.25, 0.3) is 0 Å². The maximum atomic E-state index is 3.62. The molecule has 24 heavy (non-hydrogen) atoms. The molecule has 0 aromatic heterocycles. The van der Waals surface area contributed by atoms with E-state index in [0.29, 0.717) is 0 Å². The van der Waals surface area contributed by atoms with Crippen molar-refractivity contribution in [3.63, 3.8) is 0 Å². The summed E-state index contributed by atoms with van der Waals surface area (Å²) >= 11 is 0. The molecule has 0 bridgehead atoms. The number of hydrogen-bond donors (Lipinski definition) is 1. The number of hydrogen-bond acceptors (Lipinski definition) is 2. The Bertz CT molecular complexity index is 412. The van der Waals surface area contributed by atoms with Gasteiger partial charge in [-0.1, -0.05) is 58.1 Å². The lowest BCUT2D eigenvalue weighted by molar-refractivity contribution is 0.275. The molecule has 0 aliphatic heterocycles. The first-order valence-corrected chi connectivity index (χ1v) is 10.4. The van der Waals surface area contributed by atoms with E-state index in [2.05, 4.69) is 48.3 Å². The molecular formula is C22H38N2. The number of nitrogens with zero attached hydrogens (tertiary/aromatic N) is 1. The molecular weight excluding hydrogens is 292 g/mol. The van der Waals surface area contributed by atoms with Crippen LogP contribution in [0.15, 0.2) is 24.3 Å². The van der Waals surface area contributed by atoms with Gasteiger partial charge in [-0.25, -0.2) is 0 Å². The van der Waals surface area contributed by atoms with Crippen LogP contribution in [0.5, 0.6) is 0 Å². The second kappa shape index (κ2) is 11.5. The molecule has 136 valence electrons. The molecule has 1 aromatic rings. The predicted octanol–water partition coefficient (Wildman–Crippen LogP) is 6.05. The predicted molar refractivity (Wildman–Crippen MR) is 107 cm³/mol. The van der Waals surface area contributed by atoms with Crippen LogP contribution in [0.2, 0.25) is 0 Å². The molecule has 0 unspecified atom stereocenters. The van der Waals surface area contributed by atoms with E-state index in [1.165, 1.54) is 76.6 Å². The molecule has 2 nitrogen and oxygen atoms in total. The molecule has 1 aromatic carbocycles. The summed E-state index contributed by atoms with van der Waals surface area (Å²) in [4.78, 5) is 2.62. The van der Waals surface area contributed by atoms with E-state index < -0.39 is 0 Å². The molecule has 0 radical (unpaired) electrons. The van der Waals surface area contributed by atoms with Gasteiger partial charge in [-0.2, -0.15) is 0 Å². The Morgan fingerprint density at radius 2 is 1.50 bits per heavy atom. The maximum Gasteiger partial charge on any atom is 0.0340 e. The van der Waals surface area contributed by atoms with Gasteiger partial charge in [0.15, 0.2) is 0 Å². The topological polar surface area (TPSA) is 15.3 Å². The molecule has 2 heteroatoms. The molecule has 0 saturated heterocycles. The Balaban J connectivity index is 1.73. The van der Waals surface area contributed by atoms with Gasteiger partial charge in [0, 0.05) is 18.8 Å². The Morgan fingerprint density at radius 1 is 0.875 bits per heavy atom. The zero-order chi connectivity index (χ0) is 17.0. The van der Waals surface area contributed by atoms with E-state index in [1.54, 1.807) is 5.56 Å². The van der Waals surface area contributed by atoms with Crippen LogP contribution in [0.3, 0.4) is 0 Å². The third-order valence-electron chi connectivity index (χ3n) is 5.40. The van der Waals surface area contributed by atoms with Crippen LogP contribution in [-0.2, 0) is 0 Å². The third kappa shape index (κ3) is 6.84. The van der Waals surface area contributed by atoms with Crippen LogP contribution in [0.1, 0.15) is 83.1 Å². The van der Waals surface area contributed by atoms with Crippen molar-refractivity contribution in [3.8, 4) is 0 Å². The first-order valence-electron chi connectivity index (χ1n) is 10.4. The van der Waals surface area contributed by atoms with Crippen molar-refractivity contribution in [2.24, 2.45) is 0 Å². The lowest BCUT2D eigenvalue weighted by atomic mass is 9.84. The van der Waals surface area contributed by atoms with Gasteiger partial charge in [0.1, 0.15) is 0 Å². The maximum absolute atomic E-state index is 3.62. The quantitative estimate of drug-likeness (QED) is 0.531. The molecule has 1 fully saturated rings. The summed E-state index contributed by atoms with van der Waals surface area (Å²) < 4.78 is 0. The third-order valence-corrected chi connectivity index (χ3v) is 5.40. The van der Waals surface area contributed by atoms with Crippen molar-refractivity contribution in [1.82, 2.24) is 4.90 Å². The largest absolute Gasteiger partial charge is 0.384 e. The molecule has 0 spiro atoms. The Labute approximate surface area is 150 Å². The first kappa shape index (κ1) is 19.3. The van der Waals surface area contributed by atoms with Gasteiger partial charge in [-0.05, 0) is 62.4 Å². The average Bonchev–Trinajstić information content (AvgIpc) is 2.65. The second-order valence-corrected chi connectivity index (χ2v) is 7.43. The van der Waals surface area contributed by atoms with E-state index in [4.69, 9.17) is 0 Å². The molecule has 0 amide bonds. The highest BCUT2D eigenvalue weighted by Crippen LogP contribution is 2.32. The van der Waals surface area contributed by atoms with Crippen LogP contribution >= 0.6 is 0 Å². The highest BCUT2D eigenvalue weighted by molar-refractivity contribution is 5.45. The van der Waals surface area contributed by atoms with Crippen LogP contribution in [-0.4, -0.2) is 31.1 Å². The molecule has 0 atom stereocenters. The molecule has 1 N–H and O–H groups in total. The van der Waals surface area contributed by atoms with Crippen molar-refractivity contribution in [1.29, 1.82) is 0 Å². The number of benzene rings is 1. The minimum atomic E-state index is 0.811. The highest BCUT2D eigenvalue weighted by atomic mass is 15.1. The molecule has 1 saturated carbocycles. The van der Waals surface area contributed by atoms with Crippen LogP contribution in [0, 0.1) is 0 Å². The zero-order valence-corrected chi connectivity index (χ0v) is 16.0. The Hall–Kier alpha value is -1.02. The minimum absolute atomic E-state index is 0.811. The van der Waals surface area contributed by atoms with Gasteiger partial charge in [-0.15, -0.1) is 0 Å². The summed E-state index contributed by atoms with van der Waals surface area (Å²) in [6.07, 6.45) is 12.2. The summed E-state index contributed by atoms with van der Waals surface area (Å²) in [5.41, 5.74) is 2.83. The minimum Gasteiger partial charge on any atom is -0.384 e. The van der Waals surface area contributed by atoms with Crippen LogP contribution < -0.4 is 5.32 Å². The normalized spacial score (nSPS) is 15.8. The van der Waals surface area contributed by atoms with Crippen molar-refractivity contribution in [2.45, 2.75) is 77.6 Å². The summed E-state index contributed by atoms with van der Waals surface area (Å²) in [5.74, 6) is 0.811. The summed E-state index contributed by atoms with van der Waals surface area (Å²) in [7, 11) is 0. The summed E-state index contributed by atoms with van der Waals surface area (Å²) in [6.45, 7) is 9.27. The van der Waals surface area contributed by atoms with Crippen molar-refractivity contribution in [3.05, 3.63) is 29.8 Å². The van der Waals surface area contributed by atoms with Crippen LogP contribution in [0.4, 0.5) is 5.69 Å². The van der Waals surface area contributed by atoms with Gasteiger partial charge < -0.3 is 10.2 Å². The zero-order valence-electron chi connectivity index (χ0n) is 16.0. The molecule has 1 aliphatic carbocycles. The number of anilines is 1. The standard InChI is InChI=1S/C22H38N2/c1-3-5-17-24(18-6-4-2)19-16-23-22-14-12-21(13-15-22)20-10-8-7-9-11-20/h12-15,20,23H,3-11,16-19H2,1-2H3. The molecule has 2 rings (SSSR count). The van der Waals surface area contributed by atoms with Gasteiger partial charge >= 0.3 is 0 Å². The molecule has 0 heterocycles. The fraction of sp³-hybridized carbons (Fsp3) is 0.727. The van der Waals surface area contributed by atoms with E-state index >= 15 is 0 Å². The highest BCUT2D eigenvalue weighted by Gasteiger charge is 2.15. The van der Waals surface area contributed by atoms with Crippen molar-refractivity contribution in [2.75, 3.05) is 31.5 Å². The van der Waals surface area contributed by atoms with E-state index in [9.17, 15) is 0 Å². The summed E-state index contributed by atoms with van der Waals surface area (Å²) in [5, 5.41) is 3.62. The van der Waals surface area contributed by atoms with Gasteiger partial charge in [0.05, 0.1) is 0 Å². The number of rotatable bonds is 11. The molecule has 1 aliphatic rings. The smallest absolute Gasteiger partial charge is 0.0340 e. The van der Waals surface area contributed by atoms with E-state index in [-0.39, 0.29) is 0 Å². The number of unbranched alkanes of at least 4 members (excludes halogenated alkanes) is 2. The average molecular weight is 331 g/mol. The first-order chi connectivity index (χ1) is 11.8. The van der Waals surface area contributed by atoms with E-state index in [1.807, 2.05) is 0 Å². The van der Waals surface area contributed by atoms with E-state index in [0.717, 1.165) is 19.0 Å². The lowest BCUT2D eigenvalue weighted by Gasteiger charge is -2.23.